The highest BCUT2D eigenvalue weighted by molar-refractivity contribution is 8.13. The Balaban J connectivity index is 3.09. The van der Waals surface area contributed by atoms with E-state index >= 15 is 0 Å². The third-order valence-electron chi connectivity index (χ3n) is 2.13. The van der Waals surface area contributed by atoms with E-state index in [-0.39, 0.29) is 16.5 Å². The molecule has 0 bridgehead atoms. The third kappa shape index (κ3) is 4.19. The summed E-state index contributed by atoms with van der Waals surface area (Å²) in [5.74, 6) is 6.05. The molecule has 1 aromatic carbocycles. The van der Waals surface area contributed by atoms with Gasteiger partial charge in [-0.15, -0.1) is 0 Å². The Hall–Kier alpha value is -2.20. The zero-order valence-corrected chi connectivity index (χ0v) is 11.2. The monoisotopic (exact) mass is 280 g/mol. The van der Waals surface area contributed by atoms with Crippen LogP contribution < -0.4 is 10.5 Å². The van der Waals surface area contributed by atoms with Crippen LogP contribution in [0.1, 0.15) is 12.5 Å². The number of ether oxygens (including phenoxy) is 1. The van der Waals surface area contributed by atoms with E-state index in [9.17, 15) is 14.9 Å². The fourth-order valence-corrected chi connectivity index (χ4v) is 1.60. The van der Waals surface area contributed by atoms with Gasteiger partial charge in [0.1, 0.15) is 11.4 Å². The van der Waals surface area contributed by atoms with Crippen molar-refractivity contribution in [3.8, 4) is 17.6 Å². The lowest BCUT2D eigenvalue weighted by Crippen LogP contribution is -1.99. The maximum absolute atomic E-state index is 10.8. The molecule has 0 amide bonds. The fourth-order valence-electron chi connectivity index (χ4n) is 1.25. The number of thioether (sulfide) groups is 1. The molecular formula is C12H12N2O4S. The van der Waals surface area contributed by atoms with Gasteiger partial charge in [-0.05, 0) is 6.07 Å². The predicted octanol–water partition coefficient (Wildman–Crippen LogP) is 1.82. The largest absolute Gasteiger partial charge is 0.496 e. The molecule has 7 heteroatoms. The summed E-state index contributed by atoms with van der Waals surface area (Å²) in [5, 5.41) is 10.8. The maximum Gasteiger partial charge on any atom is 0.297 e. The number of nitrogens with two attached hydrogens (primary N) is 1. The van der Waals surface area contributed by atoms with Crippen molar-refractivity contribution >= 4 is 28.3 Å². The Bertz CT molecular complexity index is 575. The summed E-state index contributed by atoms with van der Waals surface area (Å²) < 4.78 is 4.96. The van der Waals surface area contributed by atoms with Gasteiger partial charge in [-0.2, -0.15) is 0 Å². The minimum Gasteiger partial charge on any atom is -0.496 e. The molecule has 19 heavy (non-hydrogen) atoms. The molecule has 0 fully saturated rings. The minimum absolute atomic E-state index is 0.00822. The Labute approximate surface area is 114 Å². The summed E-state index contributed by atoms with van der Waals surface area (Å²) in [7, 11) is 1.40. The first-order valence-electron chi connectivity index (χ1n) is 5.19. The van der Waals surface area contributed by atoms with Crippen LogP contribution in [0.3, 0.4) is 0 Å². The standard InChI is InChI=1S/C12H12N2O4S/c1-8(15)19-5-3-4-9-6-10(18-2)7-11(12(9)13)14(16)17/h6-7H,5,13H2,1-2H3. The fraction of sp³-hybridized carbons (Fsp3) is 0.250. The molecule has 2 N–H and O–H groups in total. The molecule has 0 aliphatic carbocycles. The molecule has 0 aliphatic heterocycles. The van der Waals surface area contributed by atoms with E-state index in [2.05, 4.69) is 11.8 Å². The lowest BCUT2D eigenvalue weighted by Gasteiger charge is -2.04. The molecule has 0 aromatic heterocycles. The number of methoxy groups -OCH3 is 1. The molecule has 100 valence electrons. The van der Waals surface area contributed by atoms with E-state index in [0.29, 0.717) is 17.1 Å². The third-order valence-corrected chi connectivity index (χ3v) is 2.83. The van der Waals surface area contributed by atoms with E-state index < -0.39 is 4.92 Å². The van der Waals surface area contributed by atoms with Crippen LogP contribution >= 0.6 is 11.8 Å². The van der Waals surface area contributed by atoms with Crippen LogP contribution in [0.15, 0.2) is 12.1 Å². The number of hydrogen-bond donors (Lipinski definition) is 1. The number of carbonyl (C=O) groups excluding carboxylic acids is 1. The number of carbonyl (C=O) groups is 1. The van der Waals surface area contributed by atoms with Crippen molar-refractivity contribution in [3.05, 3.63) is 27.8 Å². The quantitative estimate of drug-likeness (QED) is 0.392. The summed E-state index contributed by atoms with van der Waals surface area (Å²) in [4.78, 5) is 21.0. The van der Waals surface area contributed by atoms with Crippen LogP contribution in [0.4, 0.5) is 11.4 Å². The first-order chi connectivity index (χ1) is 8.95. The van der Waals surface area contributed by atoms with E-state index in [0.717, 1.165) is 11.8 Å². The van der Waals surface area contributed by atoms with Crippen LogP contribution in [0, 0.1) is 22.0 Å². The van der Waals surface area contributed by atoms with E-state index in [1.807, 2.05) is 0 Å². The van der Waals surface area contributed by atoms with Gasteiger partial charge in [-0.1, -0.05) is 23.6 Å². The van der Waals surface area contributed by atoms with Gasteiger partial charge < -0.3 is 10.5 Å². The highest BCUT2D eigenvalue weighted by atomic mass is 32.2. The van der Waals surface area contributed by atoms with Crippen molar-refractivity contribution in [1.82, 2.24) is 0 Å². The van der Waals surface area contributed by atoms with Gasteiger partial charge in [0.15, 0.2) is 5.12 Å². The number of rotatable bonds is 3. The molecule has 0 saturated carbocycles. The molecular weight excluding hydrogens is 268 g/mol. The smallest absolute Gasteiger partial charge is 0.297 e. The molecule has 6 nitrogen and oxygen atoms in total. The van der Waals surface area contributed by atoms with Crippen LogP contribution in [-0.2, 0) is 4.79 Å². The van der Waals surface area contributed by atoms with Gasteiger partial charge in [0.2, 0.25) is 0 Å². The van der Waals surface area contributed by atoms with Crippen LogP contribution in [-0.4, -0.2) is 22.9 Å². The van der Waals surface area contributed by atoms with Gasteiger partial charge in [-0.3, -0.25) is 14.9 Å². The van der Waals surface area contributed by atoms with Gasteiger partial charge in [0, 0.05) is 6.92 Å². The summed E-state index contributed by atoms with van der Waals surface area (Å²) in [6, 6.07) is 2.76. The number of nitrogens with zero attached hydrogens (tertiary/aromatic N) is 1. The second-order valence-corrected chi connectivity index (χ2v) is 4.60. The summed E-state index contributed by atoms with van der Waals surface area (Å²) in [6.07, 6.45) is 0. The SMILES string of the molecule is COc1cc(C#CCSC(C)=O)c(N)c([N+](=O)[O-])c1. The Kier molecular flexibility index (Phi) is 5.21. The molecule has 0 spiro atoms. The second kappa shape index (κ2) is 6.66. The van der Waals surface area contributed by atoms with Gasteiger partial charge in [0.25, 0.3) is 5.69 Å². The van der Waals surface area contributed by atoms with Crippen molar-refractivity contribution in [2.24, 2.45) is 0 Å². The normalized spacial score (nSPS) is 9.37. The molecule has 0 atom stereocenters. The van der Waals surface area contributed by atoms with E-state index in [1.165, 1.54) is 26.2 Å². The summed E-state index contributed by atoms with van der Waals surface area (Å²) in [6.45, 7) is 1.44. The van der Waals surface area contributed by atoms with Gasteiger partial charge in [0.05, 0.1) is 29.4 Å². The molecule has 0 aliphatic rings. The minimum atomic E-state index is -0.590. The molecule has 1 rings (SSSR count). The number of anilines is 1. The van der Waals surface area contributed by atoms with Crippen LogP contribution in [0.2, 0.25) is 0 Å². The zero-order chi connectivity index (χ0) is 14.4. The number of nitro groups is 1. The number of hydrogen-bond acceptors (Lipinski definition) is 6. The topological polar surface area (TPSA) is 95.5 Å². The average molecular weight is 280 g/mol. The Morgan fingerprint density at radius 2 is 2.26 bits per heavy atom. The highest BCUT2D eigenvalue weighted by Gasteiger charge is 2.16. The molecule has 1 aromatic rings. The van der Waals surface area contributed by atoms with Crippen LogP contribution in [0.25, 0.3) is 0 Å². The number of nitro benzene ring substituents is 1. The van der Waals surface area contributed by atoms with E-state index in [4.69, 9.17) is 10.5 Å². The lowest BCUT2D eigenvalue weighted by atomic mass is 10.1. The van der Waals surface area contributed by atoms with Crippen molar-refractivity contribution in [1.29, 1.82) is 0 Å². The second-order valence-electron chi connectivity index (χ2n) is 3.45. The molecule has 0 heterocycles. The number of nitrogen functional groups attached to an aromatic ring is 1. The zero-order valence-electron chi connectivity index (χ0n) is 10.4. The first-order valence-corrected chi connectivity index (χ1v) is 6.18. The molecule has 0 radical (unpaired) electrons. The average Bonchev–Trinajstić information content (AvgIpc) is 2.35. The molecule has 0 unspecified atom stereocenters. The molecule has 0 saturated heterocycles. The predicted molar refractivity (Wildman–Crippen MR) is 74.1 cm³/mol. The van der Waals surface area contributed by atoms with Gasteiger partial charge in [-0.25, -0.2) is 0 Å². The van der Waals surface area contributed by atoms with E-state index in [1.54, 1.807) is 0 Å². The summed E-state index contributed by atoms with van der Waals surface area (Å²) in [5.41, 5.74) is 5.74. The van der Waals surface area contributed by atoms with Crippen molar-refractivity contribution in [2.45, 2.75) is 6.92 Å². The van der Waals surface area contributed by atoms with Crippen molar-refractivity contribution < 1.29 is 14.5 Å². The van der Waals surface area contributed by atoms with Crippen molar-refractivity contribution in [3.63, 3.8) is 0 Å². The van der Waals surface area contributed by atoms with Crippen molar-refractivity contribution in [2.75, 3.05) is 18.6 Å². The van der Waals surface area contributed by atoms with Crippen LogP contribution in [0.5, 0.6) is 5.75 Å². The Morgan fingerprint density at radius 1 is 1.58 bits per heavy atom. The maximum atomic E-state index is 10.8. The van der Waals surface area contributed by atoms with Gasteiger partial charge >= 0.3 is 0 Å². The number of benzene rings is 1. The summed E-state index contributed by atoms with van der Waals surface area (Å²) >= 11 is 1.06. The highest BCUT2D eigenvalue weighted by Crippen LogP contribution is 2.30. The lowest BCUT2D eigenvalue weighted by molar-refractivity contribution is -0.384. The Morgan fingerprint density at radius 3 is 2.79 bits per heavy atom. The first kappa shape index (κ1) is 14.9.